The monoisotopic (exact) mass is 289 g/mol. The van der Waals surface area contributed by atoms with Gasteiger partial charge in [-0.05, 0) is 36.1 Å². The fraction of sp³-hybridized carbons (Fsp3) is 0.588. The summed E-state index contributed by atoms with van der Waals surface area (Å²) in [7, 11) is 1.76. The summed E-state index contributed by atoms with van der Waals surface area (Å²) in [6.45, 7) is 9.14. The number of nitrogens with zero attached hydrogens (tertiary/aromatic N) is 2. The van der Waals surface area contributed by atoms with Crippen LogP contribution in [0.5, 0.6) is 0 Å². The van der Waals surface area contributed by atoms with Gasteiger partial charge in [-0.15, -0.1) is 0 Å². The first kappa shape index (κ1) is 16.0. The van der Waals surface area contributed by atoms with Crippen molar-refractivity contribution in [1.82, 2.24) is 10.3 Å². The quantitative estimate of drug-likeness (QED) is 0.783. The third-order valence-corrected chi connectivity index (χ3v) is 3.73. The molecular formula is C17H27N3O. The van der Waals surface area contributed by atoms with E-state index in [2.05, 4.69) is 41.2 Å². The van der Waals surface area contributed by atoms with Crippen molar-refractivity contribution in [2.75, 3.05) is 38.3 Å². The zero-order valence-corrected chi connectivity index (χ0v) is 13.4. The topological polar surface area (TPSA) is 37.4 Å². The summed E-state index contributed by atoms with van der Waals surface area (Å²) in [6, 6.07) is 2.12. The molecule has 0 saturated heterocycles. The van der Waals surface area contributed by atoms with Gasteiger partial charge >= 0.3 is 0 Å². The van der Waals surface area contributed by atoms with Gasteiger partial charge < -0.3 is 15.0 Å². The highest BCUT2D eigenvalue weighted by Gasteiger charge is 2.15. The van der Waals surface area contributed by atoms with E-state index in [9.17, 15) is 0 Å². The second-order valence-corrected chi connectivity index (χ2v) is 6.02. The Morgan fingerprint density at radius 1 is 1.43 bits per heavy atom. The summed E-state index contributed by atoms with van der Waals surface area (Å²) < 4.78 is 5.21. The van der Waals surface area contributed by atoms with Crippen LogP contribution in [0.2, 0.25) is 0 Å². The Balaban J connectivity index is 2.00. The van der Waals surface area contributed by atoms with Crippen LogP contribution in [0.3, 0.4) is 0 Å². The number of pyridine rings is 1. The highest BCUT2D eigenvalue weighted by Crippen LogP contribution is 2.23. The number of hydrogen-bond donors (Lipinski definition) is 1. The van der Waals surface area contributed by atoms with Crippen molar-refractivity contribution < 1.29 is 4.74 Å². The number of aromatic nitrogens is 1. The molecule has 1 aliphatic rings. The average Bonchev–Trinajstić information content (AvgIpc) is 2.49. The van der Waals surface area contributed by atoms with Crippen LogP contribution in [0, 0.1) is 5.92 Å². The number of methoxy groups -OCH3 is 1. The number of hydrogen-bond acceptors (Lipinski definition) is 4. The number of ether oxygens (including phenoxy) is 1. The predicted molar refractivity (Wildman–Crippen MR) is 87.6 cm³/mol. The number of anilines is 1. The second-order valence-electron chi connectivity index (χ2n) is 6.02. The highest BCUT2D eigenvalue weighted by atomic mass is 16.5. The first-order valence-electron chi connectivity index (χ1n) is 7.76. The van der Waals surface area contributed by atoms with Crippen molar-refractivity contribution in [2.45, 2.75) is 26.8 Å². The van der Waals surface area contributed by atoms with Crippen LogP contribution < -0.4 is 10.2 Å². The van der Waals surface area contributed by atoms with Crippen molar-refractivity contribution in [3.05, 3.63) is 35.7 Å². The molecule has 0 saturated carbocycles. The minimum Gasteiger partial charge on any atom is -0.380 e. The average molecular weight is 289 g/mol. The van der Waals surface area contributed by atoms with Crippen LogP contribution in [0.25, 0.3) is 0 Å². The second kappa shape index (κ2) is 8.15. The van der Waals surface area contributed by atoms with Crippen LogP contribution >= 0.6 is 0 Å². The van der Waals surface area contributed by atoms with E-state index in [0.29, 0.717) is 5.92 Å². The van der Waals surface area contributed by atoms with E-state index in [0.717, 1.165) is 39.2 Å². The van der Waals surface area contributed by atoms with Crippen molar-refractivity contribution >= 4 is 5.69 Å². The molecule has 0 unspecified atom stereocenters. The molecule has 4 heteroatoms. The van der Waals surface area contributed by atoms with Gasteiger partial charge in [0.15, 0.2) is 0 Å². The van der Waals surface area contributed by atoms with E-state index in [1.807, 2.05) is 12.4 Å². The van der Waals surface area contributed by atoms with E-state index >= 15 is 0 Å². The smallest absolute Gasteiger partial charge is 0.0674 e. The molecule has 1 N–H and O–H groups in total. The van der Waals surface area contributed by atoms with Crippen LogP contribution in [0.1, 0.15) is 25.8 Å². The third-order valence-electron chi connectivity index (χ3n) is 3.73. The van der Waals surface area contributed by atoms with Gasteiger partial charge in [0.05, 0.1) is 18.5 Å². The Kier molecular flexibility index (Phi) is 6.21. The normalized spacial score (nSPS) is 15.4. The minimum atomic E-state index is 0.671. The van der Waals surface area contributed by atoms with E-state index in [1.54, 1.807) is 7.11 Å². The highest BCUT2D eigenvalue weighted by molar-refractivity contribution is 5.53. The van der Waals surface area contributed by atoms with Gasteiger partial charge in [0.25, 0.3) is 0 Å². The maximum Gasteiger partial charge on any atom is 0.0674 e. The summed E-state index contributed by atoms with van der Waals surface area (Å²) in [6.07, 6.45) is 7.22. The van der Waals surface area contributed by atoms with Crippen LogP contribution in [0.15, 0.2) is 30.1 Å². The van der Waals surface area contributed by atoms with E-state index in [-0.39, 0.29) is 0 Å². The Hall–Kier alpha value is -1.39. The van der Waals surface area contributed by atoms with Crippen molar-refractivity contribution in [2.24, 2.45) is 5.92 Å². The van der Waals surface area contributed by atoms with Gasteiger partial charge in [-0.2, -0.15) is 0 Å². The third kappa shape index (κ3) is 4.83. The zero-order chi connectivity index (χ0) is 15.1. The molecular weight excluding hydrogens is 262 g/mol. The lowest BCUT2D eigenvalue weighted by Gasteiger charge is -2.30. The molecule has 1 aromatic rings. The SMILES string of the molecule is COCC1=CCN(c2cnccc2CNCC(C)C)CC1. The van der Waals surface area contributed by atoms with Crippen molar-refractivity contribution in [3.63, 3.8) is 0 Å². The van der Waals surface area contributed by atoms with Gasteiger partial charge in [-0.25, -0.2) is 0 Å². The lowest BCUT2D eigenvalue weighted by Crippen LogP contribution is -2.31. The minimum absolute atomic E-state index is 0.671. The molecule has 0 bridgehead atoms. The summed E-state index contributed by atoms with van der Waals surface area (Å²) in [5, 5.41) is 3.52. The molecule has 0 atom stereocenters. The fourth-order valence-corrected chi connectivity index (χ4v) is 2.59. The Labute approximate surface area is 128 Å². The van der Waals surface area contributed by atoms with E-state index < -0.39 is 0 Å². The molecule has 21 heavy (non-hydrogen) atoms. The molecule has 0 spiro atoms. The molecule has 0 aliphatic carbocycles. The van der Waals surface area contributed by atoms with Crippen molar-refractivity contribution in [3.8, 4) is 0 Å². The Morgan fingerprint density at radius 2 is 2.29 bits per heavy atom. The summed E-state index contributed by atoms with van der Waals surface area (Å²) >= 11 is 0. The zero-order valence-electron chi connectivity index (χ0n) is 13.4. The first-order chi connectivity index (χ1) is 10.2. The van der Waals surface area contributed by atoms with Gasteiger partial charge in [0.1, 0.15) is 0 Å². The first-order valence-corrected chi connectivity index (χ1v) is 7.76. The predicted octanol–water partition coefficient (Wildman–Crippen LogP) is 2.61. The Morgan fingerprint density at radius 3 is 2.95 bits per heavy atom. The van der Waals surface area contributed by atoms with Crippen LogP contribution in [-0.2, 0) is 11.3 Å². The Bertz CT molecular complexity index is 471. The van der Waals surface area contributed by atoms with Gasteiger partial charge in [-0.1, -0.05) is 19.9 Å². The summed E-state index contributed by atoms with van der Waals surface area (Å²) in [4.78, 5) is 6.71. The fourth-order valence-electron chi connectivity index (χ4n) is 2.59. The van der Waals surface area contributed by atoms with Crippen molar-refractivity contribution in [1.29, 1.82) is 0 Å². The molecule has 1 aliphatic heterocycles. The molecule has 0 fully saturated rings. The molecule has 0 radical (unpaired) electrons. The maximum atomic E-state index is 5.21. The van der Waals surface area contributed by atoms with Gasteiger partial charge in [0.2, 0.25) is 0 Å². The summed E-state index contributed by atoms with van der Waals surface area (Å²) in [5.74, 6) is 0.671. The van der Waals surface area contributed by atoms with Crippen LogP contribution in [0.4, 0.5) is 5.69 Å². The number of nitrogens with one attached hydrogen (secondary N) is 1. The molecule has 4 nitrogen and oxygen atoms in total. The number of rotatable bonds is 7. The molecule has 0 aromatic carbocycles. The molecule has 1 aromatic heterocycles. The standard InChI is InChI=1S/C17H27N3O/c1-14(2)10-19-11-16-4-7-18-12-17(16)20-8-5-15(6-9-20)13-21-3/h4-5,7,12,14,19H,6,8-11,13H2,1-3H3. The lowest BCUT2D eigenvalue weighted by atomic mass is 10.1. The van der Waals surface area contributed by atoms with Gasteiger partial charge in [0, 0.05) is 32.9 Å². The molecule has 2 heterocycles. The van der Waals surface area contributed by atoms with E-state index in [1.165, 1.54) is 16.8 Å². The summed E-state index contributed by atoms with van der Waals surface area (Å²) in [5.41, 5.74) is 3.98. The van der Waals surface area contributed by atoms with Crippen LogP contribution in [-0.4, -0.2) is 38.3 Å². The molecule has 2 rings (SSSR count). The van der Waals surface area contributed by atoms with E-state index in [4.69, 9.17) is 4.74 Å². The molecule has 0 amide bonds. The lowest BCUT2D eigenvalue weighted by molar-refractivity contribution is 0.222. The maximum absolute atomic E-state index is 5.21. The van der Waals surface area contributed by atoms with Gasteiger partial charge in [-0.3, -0.25) is 4.98 Å². The largest absolute Gasteiger partial charge is 0.380 e. The molecule has 116 valence electrons.